The summed E-state index contributed by atoms with van der Waals surface area (Å²) in [6.45, 7) is 0. The maximum absolute atomic E-state index is 5.84. The maximum atomic E-state index is 5.84. The van der Waals surface area contributed by atoms with E-state index in [-0.39, 0.29) is 0 Å². The highest BCUT2D eigenvalue weighted by Crippen LogP contribution is 2.12. The van der Waals surface area contributed by atoms with Crippen LogP contribution in [0.1, 0.15) is 5.56 Å². The quantitative estimate of drug-likeness (QED) is 0.717. The van der Waals surface area contributed by atoms with Gasteiger partial charge in [0.25, 0.3) is 0 Å². The van der Waals surface area contributed by atoms with Crippen LogP contribution in [-0.4, -0.2) is 23.5 Å². The summed E-state index contributed by atoms with van der Waals surface area (Å²) in [6.07, 6.45) is 0. The Hall–Kier alpha value is -0.353. The molecule has 0 spiro atoms. The van der Waals surface area contributed by atoms with Crippen LogP contribution in [0.4, 0.5) is 0 Å². The molecule has 2 nitrogen and oxygen atoms in total. The van der Waals surface area contributed by atoms with Gasteiger partial charge in [0.05, 0.1) is 0 Å². The standard InChI is InChI=1S/C9H12ClO2Si/c1-11-13(12-2)7-8-4-3-5-9(10)6-8/h3-6H,7H2,1-2H3. The molecule has 4 heteroatoms. The minimum absolute atomic E-state index is 0.756. The van der Waals surface area contributed by atoms with Gasteiger partial charge in [0.15, 0.2) is 0 Å². The molecule has 1 rings (SSSR count). The predicted molar refractivity (Wildman–Crippen MR) is 54.9 cm³/mol. The van der Waals surface area contributed by atoms with Crippen LogP contribution in [0.3, 0.4) is 0 Å². The van der Waals surface area contributed by atoms with E-state index in [2.05, 4.69) is 0 Å². The van der Waals surface area contributed by atoms with E-state index in [1.807, 2.05) is 24.3 Å². The molecule has 1 aromatic carbocycles. The average Bonchev–Trinajstić information content (AvgIpc) is 2.14. The molecule has 0 unspecified atom stereocenters. The highest BCUT2D eigenvalue weighted by Gasteiger charge is 2.12. The molecule has 0 N–H and O–H groups in total. The molecule has 0 heterocycles. The van der Waals surface area contributed by atoms with Crippen molar-refractivity contribution in [3.05, 3.63) is 34.9 Å². The van der Waals surface area contributed by atoms with Crippen LogP contribution in [0.15, 0.2) is 24.3 Å². The predicted octanol–water partition coefficient (Wildman–Crippen LogP) is 2.20. The van der Waals surface area contributed by atoms with Gasteiger partial charge in [0, 0.05) is 25.3 Å². The van der Waals surface area contributed by atoms with Crippen molar-refractivity contribution < 1.29 is 8.85 Å². The summed E-state index contributed by atoms with van der Waals surface area (Å²) in [5.41, 5.74) is 1.16. The second-order valence-electron chi connectivity index (χ2n) is 2.59. The molecule has 0 aliphatic carbocycles. The van der Waals surface area contributed by atoms with E-state index in [9.17, 15) is 0 Å². The molecule has 1 radical (unpaired) electrons. The fraction of sp³-hybridized carbons (Fsp3) is 0.333. The molecule has 0 amide bonds. The van der Waals surface area contributed by atoms with E-state index < -0.39 is 9.28 Å². The largest absolute Gasteiger partial charge is 0.397 e. The summed E-state index contributed by atoms with van der Waals surface area (Å²) >= 11 is 5.84. The van der Waals surface area contributed by atoms with Crippen LogP contribution in [0, 0.1) is 0 Å². The molecule has 71 valence electrons. The lowest BCUT2D eigenvalue weighted by Crippen LogP contribution is -2.22. The molecular weight excluding hydrogens is 204 g/mol. The summed E-state index contributed by atoms with van der Waals surface area (Å²) < 4.78 is 10.4. The molecule has 13 heavy (non-hydrogen) atoms. The van der Waals surface area contributed by atoms with Crippen LogP contribution in [0.2, 0.25) is 5.02 Å². The van der Waals surface area contributed by atoms with Crippen LogP contribution in [0.25, 0.3) is 0 Å². The van der Waals surface area contributed by atoms with Crippen molar-refractivity contribution in [2.45, 2.75) is 6.04 Å². The van der Waals surface area contributed by atoms with E-state index in [1.54, 1.807) is 14.2 Å². The van der Waals surface area contributed by atoms with Crippen molar-refractivity contribution in [3.8, 4) is 0 Å². The molecule has 0 bridgehead atoms. The van der Waals surface area contributed by atoms with Crippen LogP contribution >= 0.6 is 11.6 Å². The van der Waals surface area contributed by atoms with Gasteiger partial charge in [0.2, 0.25) is 0 Å². The first-order valence-electron chi connectivity index (χ1n) is 3.94. The van der Waals surface area contributed by atoms with Crippen LogP contribution in [-0.2, 0) is 14.9 Å². The Labute approximate surface area is 85.3 Å². The van der Waals surface area contributed by atoms with Crippen molar-refractivity contribution >= 4 is 20.9 Å². The zero-order chi connectivity index (χ0) is 9.68. The molecular formula is C9H12ClO2Si. The van der Waals surface area contributed by atoms with Gasteiger partial charge >= 0.3 is 9.28 Å². The zero-order valence-electron chi connectivity index (χ0n) is 7.71. The van der Waals surface area contributed by atoms with E-state index in [1.165, 1.54) is 0 Å². The monoisotopic (exact) mass is 215 g/mol. The number of benzene rings is 1. The summed E-state index contributed by atoms with van der Waals surface area (Å²) in [6, 6.07) is 8.57. The summed E-state index contributed by atoms with van der Waals surface area (Å²) in [5.74, 6) is 0. The minimum Gasteiger partial charge on any atom is -0.397 e. The number of rotatable bonds is 4. The van der Waals surface area contributed by atoms with Gasteiger partial charge in [-0.2, -0.15) is 0 Å². The lowest BCUT2D eigenvalue weighted by molar-refractivity contribution is 0.277. The topological polar surface area (TPSA) is 18.5 Å². The Morgan fingerprint density at radius 1 is 1.31 bits per heavy atom. The fourth-order valence-electron chi connectivity index (χ4n) is 1.04. The lowest BCUT2D eigenvalue weighted by atomic mass is 10.2. The highest BCUT2D eigenvalue weighted by atomic mass is 35.5. The minimum atomic E-state index is -1.15. The molecule has 0 atom stereocenters. The molecule has 0 aliphatic rings. The molecule has 0 aliphatic heterocycles. The van der Waals surface area contributed by atoms with E-state index in [0.717, 1.165) is 16.6 Å². The SMILES string of the molecule is CO[Si](Cc1cccc(Cl)c1)OC. The summed E-state index contributed by atoms with van der Waals surface area (Å²) in [7, 11) is 2.19. The Kier molecular flexibility index (Phi) is 4.45. The molecule has 1 aromatic rings. The third-order valence-electron chi connectivity index (χ3n) is 1.69. The van der Waals surface area contributed by atoms with Crippen molar-refractivity contribution in [1.29, 1.82) is 0 Å². The smallest absolute Gasteiger partial charge is 0.388 e. The van der Waals surface area contributed by atoms with Gasteiger partial charge in [-0.25, -0.2) is 0 Å². The van der Waals surface area contributed by atoms with Gasteiger partial charge < -0.3 is 8.85 Å². The van der Waals surface area contributed by atoms with Gasteiger partial charge in [-0.05, 0) is 17.7 Å². The lowest BCUT2D eigenvalue weighted by Gasteiger charge is -2.08. The van der Waals surface area contributed by atoms with Crippen LogP contribution < -0.4 is 0 Å². The number of hydrogen-bond donors (Lipinski definition) is 0. The van der Waals surface area contributed by atoms with Crippen molar-refractivity contribution in [1.82, 2.24) is 0 Å². The molecule has 0 fully saturated rings. The zero-order valence-corrected chi connectivity index (χ0v) is 9.47. The van der Waals surface area contributed by atoms with E-state index >= 15 is 0 Å². The van der Waals surface area contributed by atoms with Crippen molar-refractivity contribution in [2.24, 2.45) is 0 Å². The molecule has 0 aromatic heterocycles. The van der Waals surface area contributed by atoms with Crippen molar-refractivity contribution in [2.75, 3.05) is 14.2 Å². The normalized spacial score (nSPS) is 10.8. The first-order valence-corrected chi connectivity index (χ1v) is 5.84. The van der Waals surface area contributed by atoms with Gasteiger partial charge in [0.1, 0.15) is 0 Å². The highest BCUT2D eigenvalue weighted by molar-refractivity contribution is 6.43. The van der Waals surface area contributed by atoms with Crippen molar-refractivity contribution in [3.63, 3.8) is 0 Å². The van der Waals surface area contributed by atoms with Gasteiger partial charge in [-0.1, -0.05) is 23.7 Å². The summed E-state index contributed by atoms with van der Waals surface area (Å²) in [5, 5.41) is 0.756. The second-order valence-corrected chi connectivity index (χ2v) is 4.94. The van der Waals surface area contributed by atoms with E-state index in [0.29, 0.717) is 0 Å². The third-order valence-corrected chi connectivity index (χ3v) is 3.54. The fourth-order valence-corrected chi connectivity index (χ4v) is 2.26. The average molecular weight is 216 g/mol. The Morgan fingerprint density at radius 2 is 2.00 bits per heavy atom. The Balaban J connectivity index is 2.62. The first kappa shape index (κ1) is 10.7. The van der Waals surface area contributed by atoms with Gasteiger partial charge in [-0.15, -0.1) is 0 Å². The number of halogens is 1. The van der Waals surface area contributed by atoms with Gasteiger partial charge in [-0.3, -0.25) is 0 Å². The second kappa shape index (κ2) is 5.39. The summed E-state index contributed by atoms with van der Waals surface area (Å²) in [4.78, 5) is 0. The van der Waals surface area contributed by atoms with E-state index in [4.69, 9.17) is 20.5 Å². The number of hydrogen-bond acceptors (Lipinski definition) is 2. The molecule has 0 saturated carbocycles. The molecule has 0 saturated heterocycles. The third kappa shape index (κ3) is 3.48. The Morgan fingerprint density at radius 3 is 2.54 bits per heavy atom. The van der Waals surface area contributed by atoms with Crippen LogP contribution in [0.5, 0.6) is 0 Å². The maximum Gasteiger partial charge on any atom is 0.388 e. The first-order chi connectivity index (χ1) is 6.26. The Bertz CT molecular complexity index is 264.